The maximum Gasteiger partial charge on any atom is 0.310 e. The zero-order valence-corrected chi connectivity index (χ0v) is 27.4. The number of ether oxygens (including phenoxy) is 2. The molecule has 0 saturated carbocycles. The quantitative estimate of drug-likeness (QED) is 0.112. The molecule has 0 amide bonds. The highest BCUT2D eigenvalue weighted by Crippen LogP contribution is 2.58. The number of carbonyl (C=O) groups is 1. The Hall–Kier alpha value is -3.72. The van der Waals surface area contributed by atoms with Crippen LogP contribution in [0.15, 0.2) is 138 Å². The number of hydrogen-bond donors (Lipinski definition) is 0. The van der Waals surface area contributed by atoms with Crippen LogP contribution < -0.4 is 20.7 Å². The van der Waals surface area contributed by atoms with E-state index in [0.717, 1.165) is 21.8 Å². The van der Waals surface area contributed by atoms with Gasteiger partial charge in [0.05, 0.1) is 12.6 Å². The van der Waals surface area contributed by atoms with Crippen molar-refractivity contribution in [2.45, 2.75) is 45.6 Å². The van der Waals surface area contributed by atoms with Crippen LogP contribution in [0.4, 0.5) is 0 Å². The van der Waals surface area contributed by atoms with Gasteiger partial charge in [0, 0.05) is 10.0 Å². The zero-order valence-electron chi connectivity index (χ0n) is 24.9. The number of benzene rings is 5. The van der Waals surface area contributed by atoms with Gasteiger partial charge in [-0.3, -0.25) is 4.79 Å². The van der Waals surface area contributed by atoms with Gasteiger partial charge in [0.25, 0.3) is 0 Å². The second-order valence-corrected chi connectivity index (χ2v) is 16.0. The monoisotopic (exact) mass is 651 g/mol. The molecule has 0 heterocycles. The molecule has 0 radical (unpaired) electrons. The maximum absolute atomic E-state index is 12.5. The van der Waals surface area contributed by atoms with Crippen LogP contribution in [0.1, 0.15) is 37.5 Å². The van der Waals surface area contributed by atoms with E-state index in [0.29, 0.717) is 12.4 Å². The molecule has 0 unspecified atom stereocenters. The molecule has 5 aromatic carbocycles. The lowest BCUT2D eigenvalue weighted by Crippen LogP contribution is -2.32. The second kappa shape index (κ2) is 13.7. The smallest absolute Gasteiger partial charge is 0.310 e. The number of halogens is 1. The third-order valence-electron chi connectivity index (χ3n) is 7.15. The molecule has 5 aromatic rings. The molecule has 0 atom stereocenters. The van der Waals surface area contributed by atoms with Gasteiger partial charge in [-0.1, -0.05) is 88.7 Å². The summed E-state index contributed by atoms with van der Waals surface area (Å²) in [6, 6.07) is 47.0. The molecule has 218 valence electrons. The van der Waals surface area contributed by atoms with Gasteiger partial charge in [0.2, 0.25) is 0 Å². The number of carbonyl (C=O) groups excluding carboxylic acids is 1. The fourth-order valence-electron chi connectivity index (χ4n) is 5.42. The summed E-state index contributed by atoms with van der Waals surface area (Å²) in [5.74, 6) is 0.422. The summed E-state index contributed by atoms with van der Waals surface area (Å²) in [6.45, 7) is 6.01. The third kappa shape index (κ3) is 7.82. The van der Waals surface area contributed by atoms with Crippen LogP contribution >= 0.6 is 23.2 Å². The van der Waals surface area contributed by atoms with E-state index >= 15 is 0 Å². The van der Waals surface area contributed by atoms with E-state index in [2.05, 4.69) is 125 Å². The van der Waals surface area contributed by atoms with Gasteiger partial charge in [0.1, 0.15) is 41.1 Å². The summed E-state index contributed by atoms with van der Waals surface area (Å²) in [6.07, 6.45) is 1.03. The van der Waals surface area contributed by atoms with Gasteiger partial charge >= 0.3 is 5.97 Å². The van der Waals surface area contributed by atoms with Gasteiger partial charge < -0.3 is 9.47 Å². The summed E-state index contributed by atoms with van der Waals surface area (Å²) in [4.78, 5) is 12.5. The molecule has 5 rings (SSSR count). The van der Waals surface area contributed by atoms with E-state index in [1.54, 1.807) is 0 Å². The molecule has 0 spiro atoms. The van der Waals surface area contributed by atoms with Crippen molar-refractivity contribution < 1.29 is 14.3 Å². The highest BCUT2D eigenvalue weighted by atomic mass is 79.9. The average molecular weight is 653 g/mol. The highest BCUT2D eigenvalue weighted by molar-refractivity contribution is 9.10. The minimum absolute atomic E-state index is 0.162. The first-order valence-electron chi connectivity index (χ1n) is 14.5. The lowest BCUT2D eigenvalue weighted by Gasteiger charge is -2.28. The average Bonchev–Trinajstić information content (AvgIpc) is 2.99. The molecule has 3 nitrogen and oxygen atoms in total. The predicted molar refractivity (Wildman–Crippen MR) is 183 cm³/mol. The molecule has 0 aliphatic rings. The van der Waals surface area contributed by atoms with Crippen molar-refractivity contribution in [1.29, 1.82) is 0 Å². The Kier molecular flexibility index (Phi) is 9.80. The summed E-state index contributed by atoms with van der Waals surface area (Å²) in [5, 5.41) is 4.05. The fourth-order valence-corrected chi connectivity index (χ4v) is 10.2. The van der Waals surface area contributed by atoms with Gasteiger partial charge in [-0.25, -0.2) is 0 Å². The molecule has 0 aromatic heterocycles. The summed E-state index contributed by atoms with van der Waals surface area (Å²) in [7, 11) is -2.05. The maximum atomic E-state index is 12.5. The van der Waals surface area contributed by atoms with E-state index in [4.69, 9.17) is 9.47 Å². The molecule has 43 heavy (non-hydrogen) atoms. The van der Waals surface area contributed by atoms with Crippen LogP contribution in [0.5, 0.6) is 5.75 Å². The molecule has 0 N–H and O–H groups in total. The number of rotatable bonds is 10. The van der Waals surface area contributed by atoms with Crippen molar-refractivity contribution in [3.63, 3.8) is 0 Å². The Morgan fingerprint density at radius 2 is 1.16 bits per heavy atom. The molecule has 0 fully saturated rings. The van der Waals surface area contributed by atoms with Crippen LogP contribution in [-0.4, -0.2) is 11.6 Å². The standard InChI is InChI=1S/C38H37BrO3P/c1-38(2,3)42-37(40)26-31-15-13-14-22-36(31)41-27-29-23-30(25-32(39)24-29)28-43(33-16-7-4-8-17-33,34-18-9-5-10-19-34)35-20-11-6-12-21-35/h4-25H,26-28H2,1-3H3/q+1. The fraction of sp³-hybridized carbons (Fsp3) is 0.184. The van der Waals surface area contributed by atoms with E-state index in [9.17, 15) is 4.79 Å². The van der Waals surface area contributed by atoms with Gasteiger partial charge in [-0.2, -0.15) is 0 Å². The first kappa shape index (κ1) is 30.7. The first-order valence-corrected chi connectivity index (χ1v) is 17.3. The van der Waals surface area contributed by atoms with E-state index < -0.39 is 12.9 Å². The summed E-state index contributed by atoms with van der Waals surface area (Å²) >= 11 is 3.79. The number of hydrogen-bond acceptors (Lipinski definition) is 3. The molecule has 0 aliphatic carbocycles. The Labute approximate surface area is 264 Å². The highest BCUT2D eigenvalue weighted by Gasteiger charge is 2.45. The number of esters is 1. The second-order valence-electron chi connectivity index (χ2n) is 11.6. The minimum Gasteiger partial charge on any atom is -0.489 e. The van der Waals surface area contributed by atoms with E-state index in [1.165, 1.54) is 21.5 Å². The Morgan fingerprint density at radius 3 is 1.70 bits per heavy atom. The Balaban J connectivity index is 1.47. The van der Waals surface area contributed by atoms with E-state index in [-0.39, 0.29) is 12.4 Å². The van der Waals surface area contributed by atoms with E-state index in [1.807, 2.05) is 45.0 Å². The van der Waals surface area contributed by atoms with Crippen LogP contribution in [-0.2, 0) is 28.7 Å². The molecular weight excluding hydrogens is 615 g/mol. The first-order chi connectivity index (χ1) is 20.7. The third-order valence-corrected chi connectivity index (χ3v) is 12.0. The Bertz CT molecular complexity index is 1550. The predicted octanol–water partition coefficient (Wildman–Crippen LogP) is 8.41. The molecule has 0 aliphatic heterocycles. The molecular formula is C38H37BrO3P+. The molecule has 0 bridgehead atoms. The lowest BCUT2D eigenvalue weighted by atomic mass is 10.1. The summed E-state index contributed by atoms with van der Waals surface area (Å²) in [5.41, 5.74) is 2.58. The minimum atomic E-state index is -2.05. The van der Waals surface area contributed by atoms with Crippen molar-refractivity contribution in [3.8, 4) is 5.75 Å². The lowest BCUT2D eigenvalue weighted by molar-refractivity contribution is -0.153. The van der Waals surface area contributed by atoms with Crippen molar-refractivity contribution in [1.82, 2.24) is 0 Å². The van der Waals surface area contributed by atoms with Gasteiger partial charge in [0.15, 0.2) is 0 Å². The van der Waals surface area contributed by atoms with Gasteiger partial charge in [-0.05, 0) is 92.6 Å². The van der Waals surface area contributed by atoms with Crippen LogP contribution in [0, 0.1) is 0 Å². The van der Waals surface area contributed by atoms with Crippen molar-refractivity contribution in [2.24, 2.45) is 0 Å². The van der Waals surface area contributed by atoms with Crippen LogP contribution in [0.3, 0.4) is 0 Å². The molecule has 0 saturated heterocycles. The van der Waals surface area contributed by atoms with Crippen molar-refractivity contribution in [3.05, 3.63) is 155 Å². The van der Waals surface area contributed by atoms with Crippen molar-refractivity contribution in [2.75, 3.05) is 0 Å². The van der Waals surface area contributed by atoms with Crippen LogP contribution in [0.2, 0.25) is 0 Å². The van der Waals surface area contributed by atoms with Crippen LogP contribution in [0.25, 0.3) is 0 Å². The Morgan fingerprint density at radius 1 is 0.674 bits per heavy atom. The summed E-state index contributed by atoms with van der Waals surface area (Å²) < 4.78 is 12.9. The number of para-hydroxylation sites is 1. The SMILES string of the molecule is CC(C)(C)OC(=O)Cc1ccccc1OCc1cc(Br)cc(C[P+](c2ccccc2)(c2ccccc2)c2ccccc2)c1. The molecule has 5 heteroatoms. The largest absolute Gasteiger partial charge is 0.489 e. The zero-order chi connectivity index (χ0) is 30.3. The normalized spacial score (nSPS) is 11.6. The van der Waals surface area contributed by atoms with Crippen molar-refractivity contribution >= 4 is 45.1 Å². The van der Waals surface area contributed by atoms with Gasteiger partial charge in [-0.15, -0.1) is 0 Å². The topological polar surface area (TPSA) is 35.5 Å².